The summed E-state index contributed by atoms with van der Waals surface area (Å²) in [5, 5.41) is 14.1. The molecule has 7 nitrogen and oxygen atoms in total. The van der Waals surface area contributed by atoms with Gasteiger partial charge in [0.05, 0.1) is 17.4 Å². The van der Waals surface area contributed by atoms with Crippen LogP contribution in [-0.2, 0) is 6.42 Å². The number of aromatic nitrogens is 4. The van der Waals surface area contributed by atoms with Gasteiger partial charge in [-0.1, -0.05) is 13.8 Å². The van der Waals surface area contributed by atoms with Crippen molar-refractivity contribution >= 4 is 11.7 Å². The maximum absolute atomic E-state index is 12.7. The zero-order chi connectivity index (χ0) is 15.0. The third-order valence-corrected chi connectivity index (χ3v) is 4.18. The number of hydrogen-bond acceptors (Lipinski definition) is 5. The number of likely N-dealkylation sites (tertiary alicyclic amines) is 1. The number of hydrogen-bond donors (Lipinski definition) is 1. The van der Waals surface area contributed by atoms with E-state index in [2.05, 4.69) is 15.1 Å². The van der Waals surface area contributed by atoms with Crippen LogP contribution in [0.2, 0.25) is 0 Å². The number of β-amino-alcohol motifs (C(OH)–C–C–N with tert-alkyl or cyclic N) is 1. The molecule has 112 valence electrons. The molecular weight excluding hydrogens is 270 g/mol. The van der Waals surface area contributed by atoms with Gasteiger partial charge in [-0.15, -0.1) is 0 Å². The number of carbonyl (C=O) groups is 1. The van der Waals surface area contributed by atoms with Gasteiger partial charge < -0.3 is 10.0 Å². The van der Waals surface area contributed by atoms with E-state index in [1.165, 1.54) is 6.33 Å². The molecule has 1 N–H and O–H groups in total. The number of aliphatic hydroxyl groups excluding tert-OH is 1. The summed E-state index contributed by atoms with van der Waals surface area (Å²) in [6.45, 7) is 5.02. The first-order valence-corrected chi connectivity index (χ1v) is 7.26. The molecule has 1 aliphatic heterocycles. The Balaban J connectivity index is 1.94. The van der Waals surface area contributed by atoms with Crippen molar-refractivity contribution < 1.29 is 9.90 Å². The molecule has 1 fully saturated rings. The van der Waals surface area contributed by atoms with Crippen LogP contribution in [0.25, 0.3) is 5.78 Å². The van der Waals surface area contributed by atoms with E-state index in [1.54, 1.807) is 15.6 Å². The van der Waals surface area contributed by atoms with Gasteiger partial charge in [-0.25, -0.2) is 9.50 Å². The summed E-state index contributed by atoms with van der Waals surface area (Å²) in [6, 6.07) is 0. The fraction of sp³-hybridized carbons (Fsp3) is 0.571. The molecule has 1 saturated heterocycles. The number of aliphatic hydroxyl groups is 1. The SMILES string of the molecule is CCc1c(C(=O)N2CCC(C)C(O)C2)cnc2ncnn12. The predicted molar refractivity (Wildman–Crippen MR) is 75.9 cm³/mol. The van der Waals surface area contributed by atoms with Gasteiger partial charge in [0.2, 0.25) is 0 Å². The second kappa shape index (κ2) is 5.40. The van der Waals surface area contributed by atoms with Gasteiger partial charge in [-0.05, 0) is 18.8 Å². The van der Waals surface area contributed by atoms with Crippen molar-refractivity contribution in [2.75, 3.05) is 13.1 Å². The number of carbonyl (C=O) groups excluding carboxylic acids is 1. The summed E-state index contributed by atoms with van der Waals surface area (Å²) in [7, 11) is 0. The predicted octanol–water partition coefficient (Wildman–Crippen LogP) is 0.530. The zero-order valence-corrected chi connectivity index (χ0v) is 12.2. The van der Waals surface area contributed by atoms with Gasteiger partial charge in [0.15, 0.2) is 0 Å². The number of rotatable bonds is 2. The van der Waals surface area contributed by atoms with E-state index in [-0.39, 0.29) is 11.8 Å². The lowest BCUT2D eigenvalue weighted by molar-refractivity contribution is 0.0247. The summed E-state index contributed by atoms with van der Waals surface area (Å²) in [4.78, 5) is 22.6. The van der Waals surface area contributed by atoms with Crippen LogP contribution in [-0.4, -0.2) is 54.7 Å². The standard InChI is InChI=1S/C14H19N5O2/c1-3-11-10(6-15-14-16-8-17-19(11)14)13(21)18-5-4-9(2)12(20)7-18/h6,8-9,12,20H,3-5,7H2,1-2H3. The lowest BCUT2D eigenvalue weighted by Gasteiger charge is -2.34. The highest BCUT2D eigenvalue weighted by Crippen LogP contribution is 2.20. The summed E-state index contributed by atoms with van der Waals surface area (Å²) in [5.74, 6) is 0.633. The molecule has 3 rings (SSSR count). The first-order chi connectivity index (χ1) is 10.1. The van der Waals surface area contributed by atoms with E-state index in [1.807, 2.05) is 13.8 Å². The second-order valence-electron chi connectivity index (χ2n) is 5.53. The van der Waals surface area contributed by atoms with Crippen LogP contribution in [0.1, 0.15) is 36.3 Å². The molecule has 1 aliphatic rings. The van der Waals surface area contributed by atoms with Gasteiger partial charge in [-0.3, -0.25) is 4.79 Å². The minimum Gasteiger partial charge on any atom is -0.391 e. The van der Waals surface area contributed by atoms with Crippen LogP contribution in [0.3, 0.4) is 0 Å². The molecule has 0 saturated carbocycles. The van der Waals surface area contributed by atoms with Crippen LogP contribution >= 0.6 is 0 Å². The Hall–Kier alpha value is -2.02. The molecule has 21 heavy (non-hydrogen) atoms. The van der Waals surface area contributed by atoms with Gasteiger partial charge in [0, 0.05) is 19.3 Å². The van der Waals surface area contributed by atoms with Crippen molar-refractivity contribution in [1.82, 2.24) is 24.5 Å². The Kier molecular flexibility index (Phi) is 3.59. The van der Waals surface area contributed by atoms with E-state index in [0.717, 1.165) is 12.1 Å². The zero-order valence-electron chi connectivity index (χ0n) is 12.2. The van der Waals surface area contributed by atoms with Crippen molar-refractivity contribution in [2.45, 2.75) is 32.8 Å². The second-order valence-corrected chi connectivity index (χ2v) is 5.53. The molecule has 0 radical (unpaired) electrons. The quantitative estimate of drug-likeness (QED) is 0.872. The van der Waals surface area contributed by atoms with Crippen molar-refractivity contribution in [3.63, 3.8) is 0 Å². The fourth-order valence-corrected chi connectivity index (χ4v) is 2.75. The molecule has 2 aromatic rings. The van der Waals surface area contributed by atoms with E-state index in [4.69, 9.17) is 0 Å². The fourth-order valence-electron chi connectivity index (χ4n) is 2.75. The highest BCUT2D eigenvalue weighted by atomic mass is 16.3. The lowest BCUT2D eigenvalue weighted by atomic mass is 9.95. The number of aryl methyl sites for hydroxylation is 1. The highest BCUT2D eigenvalue weighted by Gasteiger charge is 2.29. The number of piperidine rings is 1. The number of fused-ring (bicyclic) bond motifs is 1. The Morgan fingerprint density at radius 1 is 1.48 bits per heavy atom. The van der Waals surface area contributed by atoms with Crippen LogP contribution in [0.5, 0.6) is 0 Å². The Morgan fingerprint density at radius 3 is 3.00 bits per heavy atom. The first-order valence-electron chi connectivity index (χ1n) is 7.26. The third kappa shape index (κ3) is 2.37. The molecule has 1 amide bonds. The van der Waals surface area contributed by atoms with Crippen LogP contribution in [0.4, 0.5) is 0 Å². The Morgan fingerprint density at radius 2 is 2.29 bits per heavy atom. The molecule has 0 spiro atoms. The maximum atomic E-state index is 12.7. The molecule has 2 aromatic heterocycles. The average Bonchev–Trinajstić information content (AvgIpc) is 2.96. The normalized spacial score (nSPS) is 22.7. The van der Waals surface area contributed by atoms with Gasteiger partial charge >= 0.3 is 0 Å². The van der Waals surface area contributed by atoms with Gasteiger partial charge in [0.1, 0.15) is 6.33 Å². The Bertz CT molecular complexity index is 668. The Labute approximate surface area is 122 Å². The summed E-state index contributed by atoms with van der Waals surface area (Å²) >= 11 is 0. The minimum atomic E-state index is -0.462. The van der Waals surface area contributed by atoms with Crippen molar-refractivity contribution in [1.29, 1.82) is 0 Å². The average molecular weight is 289 g/mol. The van der Waals surface area contributed by atoms with Gasteiger partial charge in [-0.2, -0.15) is 10.1 Å². The largest absolute Gasteiger partial charge is 0.391 e. The summed E-state index contributed by atoms with van der Waals surface area (Å²) in [5.41, 5.74) is 1.34. The van der Waals surface area contributed by atoms with Gasteiger partial charge in [0.25, 0.3) is 11.7 Å². The van der Waals surface area contributed by atoms with Crippen molar-refractivity contribution in [3.8, 4) is 0 Å². The molecule has 2 unspecified atom stereocenters. The first kappa shape index (κ1) is 13.9. The summed E-state index contributed by atoms with van der Waals surface area (Å²) < 4.78 is 1.61. The molecule has 2 atom stereocenters. The lowest BCUT2D eigenvalue weighted by Crippen LogP contribution is -2.46. The summed E-state index contributed by atoms with van der Waals surface area (Å²) in [6.07, 6.45) is 4.01. The third-order valence-electron chi connectivity index (χ3n) is 4.18. The highest BCUT2D eigenvalue weighted by molar-refractivity contribution is 5.95. The van der Waals surface area contributed by atoms with Crippen LogP contribution in [0, 0.1) is 5.92 Å². The smallest absolute Gasteiger partial charge is 0.257 e. The molecule has 7 heteroatoms. The molecule has 0 aromatic carbocycles. The van der Waals surface area contributed by atoms with E-state index in [0.29, 0.717) is 30.9 Å². The maximum Gasteiger partial charge on any atom is 0.257 e. The van der Waals surface area contributed by atoms with Crippen molar-refractivity contribution in [2.24, 2.45) is 5.92 Å². The molecule has 0 bridgehead atoms. The van der Waals surface area contributed by atoms with E-state index < -0.39 is 6.10 Å². The van der Waals surface area contributed by atoms with E-state index in [9.17, 15) is 9.90 Å². The van der Waals surface area contributed by atoms with E-state index >= 15 is 0 Å². The van der Waals surface area contributed by atoms with Crippen LogP contribution in [0.15, 0.2) is 12.5 Å². The molecular formula is C14H19N5O2. The molecule has 0 aliphatic carbocycles. The minimum absolute atomic E-state index is 0.0947. The molecule has 3 heterocycles. The monoisotopic (exact) mass is 289 g/mol. The topological polar surface area (TPSA) is 83.6 Å². The van der Waals surface area contributed by atoms with Crippen LogP contribution < -0.4 is 0 Å². The number of amides is 1. The number of nitrogens with zero attached hydrogens (tertiary/aromatic N) is 5. The van der Waals surface area contributed by atoms with Crippen molar-refractivity contribution in [3.05, 3.63) is 23.8 Å².